The first-order valence-electron chi connectivity index (χ1n) is 6.22. The van der Waals surface area contributed by atoms with Crippen LogP contribution in [0.15, 0.2) is 41.4 Å². The van der Waals surface area contributed by atoms with Gasteiger partial charge in [-0.25, -0.2) is 18.5 Å². The van der Waals surface area contributed by atoms with Gasteiger partial charge in [0.1, 0.15) is 0 Å². The van der Waals surface area contributed by atoms with Gasteiger partial charge in [0.05, 0.1) is 12.0 Å². The van der Waals surface area contributed by atoms with Crippen molar-refractivity contribution in [2.75, 3.05) is 19.0 Å². The number of hydrogen-bond acceptors (Lipinski definition) is 6. The molecule has 2 rings (SSSR count). The quantitative estimate of drug-likeness (QED) is 0.817. The summed E-state index contributed by atoms with van der Waals surface area (Å²) in [6.45, 7) is 0.613. The zero-order chi connectivity index (χ0) is 15.3. The number of nitrogens with zero attached hydrogens (tertiary/aromatic N) is 2. The van der Waals surface area contributed by atoms with Crippen LogP contribution in [0.5, 0.6) is 5.88 Å². The van der Waals surface area contributed by atoms with Crippen molar-refractivity contribution in [3.8, 4) is 5.88 Å². The van der Waals surface area contributed by atoms with Gasteiger partial charge in [0.25, 0.3) is 0 Å². The third kappa shape index (κ3) is 4.40. The molecule has 2 aromatic rings. The average molecular weight is 308 g/mol. The summed E-state index contributed by atoms with van der Waals surface area (Å²) >= 11 is 0. The van der Waals surface area contributed by atoms with E-state index in [2.05, 4.69) is 15.3 Å². The molecule has 21 heavy (non-hydrogen) atoms. The molecule has 7 nitrogen and oxygen atoms in total. The maximum Gasteiger partial charge on any atom is 0.238 e. The number of hydrogen-bond donors (Lipinski definition) is 2. The van der Waals surface area contributed by atoms with Crippen LogP contribution in [0.3, 0.4) is 0 Å². The van der Waals surface area contributed by atoms with Gasteiger partial charge in [-0.15, -0.1) is 0 Å². The van der Waals surface area contributed by atoms with Crippen molar-refractivity contribution in [3.05, 3.63) is 42.1 Å². The highest BCUT2D eigenvalue weighted by Crippen LogP contribution is 2.10. The zero-order valence-corrected chi connectivity index (χ0v) is 12.3. The molecule has 1 aromatic carbocycles. The molecule has 0 bridgehead atoms. The number of ether oxygens (including phenoxy) is 1. The number of nitrogens with one attached hydrogen (secondary N) is 1. The third-order valence-corrected chi connectivity index (χ3v) is 3.72. The van der Waals surface area contributed by atoms with E-state index in [-0.39, 0.29) is 4.90 Å². The second-order valence-electron chi connectivity index (χ2n) is 4.29. The monoisotopic (exact) mass is 308 g/mol. The van der Waals surface area contributed by atoms with Gasteiger partial charge < -0.3 is 10.1 Å². The van der Waals surface area contributed by atoms with Gasteiger partial charge in [0, 0.05) is 18.8 Å². The highest BCUT2D eigenvalue weighted by atomic mass is 32.2. The molecule has 1 heterocycles. The number of aromatic nitrogens is 2. The molecular formula is C13H16N4O3S. The lowest BCUT2D eigenvalue weighted by atomic mass is 10.1. The van der Waals surface area contributed by atoms with Crippen molar-refractivity contribution in [2.45, 2.75) is 11.3 Å². The van der Waals surface area contributed by atoms with E-state index in [4.69, 9.17) is 9.88 Å². The van der Waals surface area contributed by atoms with Crippen LogP contribution in [0.25, 0.3) is 0 Å². The Morgan fingerprint density at radius 2 is 1.95 bits per heavy atom. The minimum atomic E-state index is -3.64. The van der Waals surface area contributed by atoms with Crippen LogP contribution in [-0.4, -0.2) is 32.0 Å². The first-order chi connectivity index (χ1) is 9.99. The second kappa shape index (κ2) is 6.51. The molecule has 8 heteroatoms. The number of primary sulfonamides is 1. The Hall–Kier alpha value is -2.19. The lowest BCUT2D eigenvalue weighted by Crippen LogP contribution is -2.12. The van der Waals surface area contributed by atoms with Crippen molar-refractivity contribution in [1.29, 1.82) is 0 Å². The van der Waals surface area contributed by atoms with E-state index in [0.29, 0.717) is 24.8 Å². The second-order valence-corrected chi connectivity index (χ2v) is 5.85. The zero-order valence-electron chi connectivity index (χ0n) is 11.5. The van der Waals surface area contributed by atoms with Gasteiger partial charge in [0.2, 0.25) is 21.9 Å². The summed E-state index contributed by atoms with van der Waals surface area (Å²) in [5.41, 5.74) is 0.984. The molecule has 0 aliphatic heterocycles. The summed E-state index contributed by atoms with van der Waals surface area (Å²) in [4.78, 5) is 8.30. The van der Waals surface area contributed by atoms with E-state index in [0.717, 1.165) is 5.56 Å². The van der Waals surface area contributed by atoms with Gasteiger partial charge in [-0.3, -0.25) is 0 Å². The van der Waals surface area contributed by atoms with Crippen molar-refractivity contribution >= 4 is 16.0 Å². The molecule has 0 aliphatic carbocycles. The predicted molar refractivity (Wildman–Crippen MR) is 78.6 cm³/mol. The number of nitrogens with two attached hydrogens (primary N) is 1. The van der Waals surface area contributed by atoms with Crippen molar-refractivity contribution in [3.63, 3.8) is 0 Å². The molecule has 0 spiro atoms. The normalized spacial score (nSPS) is 11.1. The fraction of sp³-hybridized carbons (Fsp3) is 0.231. The topological polar surface area (TPSA) is 107 Å². The maximum atomic E-state index is 11.1. The Morgan fingerprint density at radius 1 is 1.24 bits per heavy atom. The number of sulfonamides is 1. The highest BCUT2D eigenvalue weighted by Gasteiger charge is 2.06. The minimum absolute atomic E-state index is 0.107. The molecule has 3 N–H and O–H groups in total. The van der Waals surface area contributed by atoms with E-state index in [1.165, 1.54) is 12.1 Å². The van der Waals surface area contributed by atoms with Crippen LogP contribution in [0.1, 0.15) is 5.56 Å². The van der Waals surface area contributed by atoms with Crippen LogP contribution in [0.4, 0.5) is 5.95 Å². The van der Waals surface area contributed by atoms with Crippen LogP contribution in [0, 0.1) is 0 Å². The van der Waals surface area contributed by atoms with Crippen LogP contribution >= 0.6 is 0 Å². The minimum Gasteiger partial charge on any atom is -0.481 e. The summed E-state index contributed by atoms with van der Waals surface area (Å²) in [6.07, 6.45) is 2.31. The average Bonchev–Trinajstić information content (AvgIpc) is 2.47. The summed E-state index contributed by atoms with van der Waals surface area (Å²) in [6, 6.07) is 8.11. The largest absolute Gasteiger partial charge is 0.481 e. The van der Waals surface area contributed by atoms with Gasteiger partial charge in [-0.05, 0) is 24.1 Å². The van der Waals surface area contributed by atoms with Gasteiger partial charge >= 0.3 is 0 Å². The summed E-state index contributed by atoms with van der Waals surface area (Å²) in [5.74, 6) is 0.973. The first kappa shape index (κ1) is 15.2. The van der Waals surface area contributed by atoms with Gasteiger partial charge in [-0.1, -0.05) is 12.1 Å². The summed E-state index contributed by atoms with van der Waals surface area (Å²) in [7, 11) is -2.10. The number of anilines is 1. The molecule has 0 atom stereocenters. The molecular weight excluding hydrogens is 292 g/mol. The lowest BCUT2D eigenvalue weighted by Gasteiger charge is -2.06. The molecule has 0 radical (unpaired) electrons. The fourth-order valence-corrected chi connectivity index (χ4v) is 2.22. The molecule has 0 unspecified atom stereocenters. The lowest BCUT2D eigenvalue weighted by molar-refractivity contribution is 0.397. The van der Waals surface area contributed by atoms with Crippen molar-refractivity contribution in [1.82, 2.24) is 9.97 Å². The SMILES string of the molecule is COc1ccnc(NCCc2ccc(S(N)(=O)=O)cc2)n1. The van der Waals surface area contributed by atoms with E-state index in [1.807, 2.05) is 0 Å². The Kier molecular flexibility index (Phi) is 4.71. The van der Waals surface area contributed by atoms with Crippen molar-refractivity contribution in [2.24, 2.45) is 5.14 Å². The number of rotatable bonds is 6. The van der Waals surface area contributed by atoms with Gasteiger partial charge in [0.15, 0.2) is 0 Å². The van der Waals surface area contributed by atoms with Crippen LogP contribution in [-0.2, 0) is 16.4 Å². The molecule has 0 fully saturated rings. The number of methoxy groups -OCH3 is 1. The number of benzene rings is 1. The molecule has 0 aliphatic rings. The summed E-state index contributed by atoms with van der Waals surface area (Å²) < 4.78 is 27.3. The highest BCUT2D eigenvalue weighted by molar-refractivity contribution is 7.89. The molecule has 1 aromatic heterocycles. The first-order valence-corrected chi connectivity index (χ1v) is 7.76. The van der Waals surface area contributed by atoms with Gasteiger partial charge in [-0.2, -0.15) is 4.98 Å². The Morgan fingerprint density at radius 3 is 2.57 bits per heavy atom. The van der Waals surface area contributed by atoms with Crippen molar-refractivity contribution < 1.29 is 13.2 Å². The van der Waals surface area contributed by atoms with E-state index in [9.17, 15) is 8.42 Å². The van der Waals surface area contributed by atoms with E-state index in [1.54, 1.807) is 31.5 Å². The molecule has 112 valence electrons. The fourth-order valence-electron chi connectivity index (χ4n) is 1.71. The third-order valence-electron chi connectivity index (χ3n) is 2.79. The maximum absolute atomic E-state index is 11.1. The smallest absolute Gasteiger partial charge is 0.238 e. The standard InChI is InChI=1S/C13H16N4O3S/c1-20-12-7-9-16-13(17-12)15-8-6-10-2-4-11(5-3-10)21(14,18)19/h2-5,7,9H,6,8H2,1H3,(H2,14,18,19)(H,15,16,17). The van der Waals surface area contributed by atoms with Crippen LogP contribution < -0.4 is 15.2 Å². The van der Waals surface area contributed by atoms with Crippen LogP contribution in [0.2, 0.25) is 0 Å². The Balaban J connectivity index is 1.91. The Labute approximate surface area is 123 Å². The molecule has 0 amide bonds. The Bertz CT molecular complexity index is 702. The van der Waals surface area contributed by atoms with E-state index >= 15 is 0 Å². The van der Waals surface area contributed by atoms with E-state index < -0.39 is 10.0 Å². The molecule has 0 saturated carbocycles. The predicted octanol–water partition coefficient (Wildman–Crippen LogP) is 0.787. The summed E-state index contributed by atoms with van der Waals surface area (Å²) in [5, 5.41) is 8.11. The molecule has 0 saturated heterocycles.